The molecule has 0 fully saturated rings. The van der Waals surface area contributed by atoms with Crippen molar-refractivity contribution in [2.75, 3.05) is 26.3 Å². The van der Waals surface area contributed by atoms with Crippen LogP contribution >= 0.6 is 0 Å². The molecule has 2 N–H and O–H groups in total. The Morgan fingerprint density at radius 1 is 0.806 bits per heavy atom. The van der Waals surface area contributed by atoms with E-state index in [4.69, 9.17) is 18.3 Å². The van der Waals surface area contributed by atoms with Crippen LogP contribution in [0.3, 0.4) is 0 Å². The van der Waals surface area contributed by atoms with Gasteiger partial charge in [0.25, 0.3) is 0 Å². The first-order valence-electron chi connectivity index (χ1n) is 10.1. The number of rotatable bonds is 14. The van der Waals surface area contributed by atoms with Crippen LogP contribution in [0.15, 0.2) is 69.9 Å². The Hall–Kier alpha value is -2.49. The summed E-state index contributed by atoms with van der Waals surface area (Å²) in [6.45, 7) is 1.74. The molecule has 168 valence electrons. The summed E-state index contributed by atoms with van der Waals surface area (Å²) >= 11 is 0. The van der Waals surface area contributed by atoms with E-state index in [1.165, 1.54) is 12.1 Å². The fraction of sp³-hybridized carbons (Fsp3) is 0.391. The third-order valence-corrected chi connectivity index (χ3v) is 4.53. The average molecular weight is 433 g/mol. The molecule has 31 heavy (non-hydrogen) atoms. The Bertz CT molecular complexity index is 789. The van der Waals surface area contributed by atoms with E-state index in [1.54, 1.807) is 48.9 Å². The van der Waals surface area contributed by atoms with E-state index in [2.05, 4.69) is 0 Å². The molecule has 0 bridgehead atoms. The number of aliphatic hydroxyl groups excluding tert-OH is 2. The Morgan fingerprint density at radius 3 is 1.77 bits per heavy atom. The predicted octanol–water partition coefficient (Wildman–Crippen LogP) is 2.97. The smallest absolute Gasteiger partial charge is 0.129 e. The van der Waals surface area contributed by atoms with E-state index in [9.17, 15) is 14.6 Å². The number of halogens is 1. The SMILES string of the molecule is O[C@H](COCc1ccco1)CN(Cc1ccc(F)cc1)C[C@@H](O)COCc1ccco1. The van der Waals surface area contributed by atoms with Gasteiger partial charge in [-0.2, -0.15) is 0 Å². The molecule has 0 amide bonds. The van der Waals surface area contributed by atoms with Crippen LogP contribution in [-0.2, 0) is 29.2 Å². The molecule has 0 radical (unpaired) electrons. The molecule has 0 saturated carbocycles. The van der Waals surface area contributed by atoms with Gasteiger partial charge in [-0.3, -0.25) is 4.90 Å². The molecule has 2 heterocycles. The van der Waals surface area contributed by atoms with Crippen molar-refractivity contribution >= 4 is 0 Å². The zero-order chi connectivity index (χ0) is 21.9. The molecule has 0 unspecified atom stereocenters. The Morgan fingerprint density at radius 2 is 1.32 bits per heavy atom. The Balaban J connectivity index is 1.48. The van der Waals surface area contributed by atoms with Gasteiger partial charge in [0.2, 0.25) is 0 Å². The largest absolute Gasteiger partial charge is 0.467 e. The molecular weight excluding hydrogens is 405 g/mol. The van der Waals surface area contributed by atoms with Gasteiger partial charge < -0.3 is 28.5 Å². The molecule has 2 atom stereocenters. The minimum absolute atomic E-state index is 0.117. The summed E-state index contributed by atoms with van der Waals surface area (Å²) in [5.41, 5.74) is 0.869. The van der Waals surface area contributed by atoms with Crippen molar-refractivity contribution in [3.8, 4) is 0 Å². The highest BCUT2D eigenvalue weighted by Crippen LogP contribution is 2.10. The van der Waals surface area contributed by atoms with Crippen molar-refractivity contribution < 1.29 is 32.9 Å². The lowest BCUT2D eigenvalue weighted by atomic mass is 10.2. The lowest BCUT2D eigenvalue weighted by Gasteiger charge is -2.27. The zero-order valence-electron chi connectivity index (χ0n) is 17.2. The normalized spacial score (nSPS) is 13.5. The summed E-state index contributed by atoms with van der Waals surface area (Å²) in [7, 11) is 0. The molecule has 3 rings (SSSR count). The topological polar surface area (TPSA) is 88.4 Å². The van der Waals surface area contributed by atoms with Crippen LogP contribution in [-0.4, -0.2) is 53.6 Å². The Labute approximate surface area is 180 Å². The van der Waals surface area contributed by atoms with Crippen molar-refractivity contribution in [3.05, 3.63) is 84.0 Å². The van der Waals surface area contributed by atoms with Crippen LogP contribution in [0, 0.1) is 5.82 Å². The second kappa shape index (κ2) is 12.4. The van der Waals surface area contributed by atoms with Crippen LogP contribution < -0.4 is 0 Å². The third-order valence-electron chi connectivity index (χ3n) is 4.53. The number of hydrogen-bond donors (Lipinski definition) is 2. The first-order valence-corrected chi connectivity index (χ1v) is 10.1. The van der Waals surface area contributed by atoms with Gasteiger partial charge in [0.15, 0.2) is 0 Å². The third kappa shape index (κ3) is 8.64. The van der Waals surface area contributed by atoms with Crippen LogP contribution in [0.4, 0.5) is 4.39 Å². The Kier molecular flexibility index (Phi) is 9.26. The van der Waals surface area contributed by atoms with E-state index in [0.29, 0.717) is 18.1 Å². The number of nitrogens with zero attached hydrogens (tertiary/aromatic N) is 1. The number of furan rings is 2. The summed E-state index contributed by atoms with van der Waals surface area (Å²) in [6, 6.07) is 13.3. The van der Waals surface area contributed by atoms with Crippen molar-refractivity contribution in [3.63, 3.8) is 0 Å². The minimum Gasteiger partial charge on any atom is -0.467 e. The molecule has 0 saturated heterocycles. The van der Waals surface area contributed by atoms with Gasteiger partial charge >= 0.3 is 0 Å². The average Bonchev–Trinajstić information content (AvgIpc) is 3.44. The van der Waals surface area contributed by atoms with Gasteiger partial charge in [0.05, 0.1) is 37.9 Å². The monoisotopic (exact) mass is 433 g/mol. The standard InChI is InChI=1S/C23H28FNO6/c24-19-7-5-18(6-8-19)11-25(12-20(26)14-28-16-22-3-1-9-30-22)13-21(27)15-29-17-23-4-2-10-31-23/h1-10,20-21,26-27H,11-17H2/t20-,21+. The van der Waals surface area contributed by atoms with Gasteiger partial charge in [0, 0.05) is 19.6 Å². The van der Waals surface area contributed by atoms with Crippen molar-refractivity contribution in [1.29, 1.82) is 0 Å². The second-order valence-electron chi connectivity index (χ2n) is 7.32. The lowest BCUT2D eigenvalue weighted by molar-refractivity contribution is -0.0211. The number of aliphatic hydroxyl groups is 2. The van der Waals surface area contributed by atoms with Gasteiger partial charge in [-0.25, -0.2) is 4.39 Å². The summed E-state index contributed by atoms with van der Waals surface area (Å²) in [4.78, 5) is 1.88. The highest BCUT2D eigenvalue weighted by atomic mass is 19.1. The molecular formula is C23H28FNO6. The highest BCUT2D eigenvalue weighted by molar-refractivity contribution is 5.16. The first-order chi connectivity index (χ1) is 15.1. The molecule has 7 nitrogen and oxygen atoms in total. The fourth-order valence-corrected chi connectivity index (χ4v) is 3.13. The molecule has 0 spiro atoms. The van der Waals surface area contributed by atoms with E-state index in [-0.39, 0.29) is 45.3 Å². The molecule has 2 aromatic heterocycles. The van der Waals surface area contributed by atoms with Crippen molar-refractivity contribution in [2.24, 2.45) is 0 Å². The van der Waals surface area contributed by atoms with Gasteiger partial charge in [-0.05, 0) is 42.0 Å². The zero-order valence-corrected chi connectivity index (χ0v) is 17.2. The van der Waals surface area contributed by atoms with Crippen LogP contribution in [0.25, 0.3) is 0 Å². The fourth-order valence-electron chi connectivity index (χ4n) is 3.13. The number of benzene rings is 1. The first kappa shape index (κ1) is 23.2. The number of ether oxygens (including phenoxy) is 2. The quantitative estimate of drug-likeness (QED) is 0.404. The van der Waals surface area contributed by atoms with Crippen LogP contribution in [0.5, 0.6) is 0 Å². The summed E-state index contributed by atoms with van der Waals surface area (Å²) in [6.07, 6.45) is 1.59. The summed E-state index contributed by atoms with van der Waals surface area (Å²) in [5, 5.41) is 20.8. The summed E-state index contributed by atoms with van der Waals surface area (Å²) in [5.74, 6) is 1.05. The second-order valence-corrected chi connectivity index (χ2v) is 7.32. The molecule has 0 aliphatic rings. The van der Waals surface area contributed by atoms with Crippen LogP contribution in [0.2, 0.25) is 0 Å². The van der Waals surface area contributed by atoms with Crippen LogP contribution in [0.1, 0.15) is 17.1 Å². The maximum Gasteiger partial charge on any atom is 0.129 e. The molecule has 1 aromatic carbocycles. The molecule has 0 aliphatic carbocycles. The van der Waals surface area contributed by atoms with E-state index >= 15 is 0 Å². The maximum atomic E-state index is 13.2. The number of hydrogen-bond acceptors (Lipinski definition) is 7. The van der Waals surface area contributed by atoms with E-state index < -0.39 is 12.2 Å². The molecule has 0 aliphatic heterocycles. The minimum atomic E-state index is -0.772. The van der Waals surface area contributed by atoms with E-state index in [0.717, 1.165) is 5.56 Å². The predicted molar refractivity (Wildman–Crippen MR) is 110 cm³/mol. The van der Waals surface area contributed by atoms with E-state index in [1.807, 2.05) is 4.90 Å². The van der Waals surface area contributed by atoms with Gasteiger partial charge in [-0.15, -0.1) is 0 Å². The van der Waals surface area contributed by atoms with Gasteiger partial charge in [0.1, 0.15) is 30.6 Å². The molecule has 8 heteroatoms. The van der Waals surface area contributed by atoms with Gasteiger partial charge in [-0.1, -0.05) is 12.1 Å². The maximum absolute atomic E-state index is 13.2. The lowest BCUT2D eigenvalue weighted by Crippen LogP contribution is -2.40. The van der Waals surface area contributed by atoms with Crippen molar-refractivity contribution in [2.45, 2.75) is 32.0 Å². The molecule has 3 aromatic rings. The summed E-state index contributed by atoms with van der Waals surface area (Å²) < 4.78 is 34.6. The highest BCUT2D eigenvalue weighted by Gasteiger charge is 2.17. The van der Waals surface area contributed by atoms with Crippen molar-refractivity contribution in [1.82, 2.24) is 4.90 Å².